The van der Waals surface area contributed by atoms with Crippen LogP contribution in [0.2, 0.25) is 4.34 Å². The van der Waals surface area contributed by atoms with Gasteiger partial charge >= 0.3 is 0 Å². The molecule has 1 fully saturated rings. The zero-order valence-corrected chi connectivity index (χ0v) is 14.2. The number of aliphatic hydroxyl groups excluding tert-OH is 1. The van der Waals surface area contributed by atoms with Crippen molar-refractivity contribution in [3.8, 4) is 0 Å². The number of hydrogen-bond donors (Lipinski definition) is 2. The summed E-state index contributed by atoms with van der Waals surface area (Å²) in [5.41, 5.74) is 0. The monoisotopic (exact) mass is 353 g/mol. The van der Waals surface area contributed by atoms with E-state index < -0.39 is 16.1 Å². The van der Waals surface area contributed by atoms with Crippen LogP contribution >= 0.6 is 22.9 Å². The maximum atomic E-state index is 12.3. The fourth-order valence-electron chi connectivity index (χ4n) is 2.71. The lowest BCUT2D eigenvalue weighted by Crippen LogP contribution is -2.44. The van der Waals surface area contributed by atoms with Gasteiger partial charge in [-0.05, 0) is 43.7 Å². The van der Waals surface area contributed by atoms with Gasteiger partial charge in [-0.2, -0.15) is 0 Å². The smallest absolute Gasteiger partial charge is 0.250 e. The molecule has 0 aromatic carbocycles. The summed E-state index contributed by atoms with van der Waals surface area (Å²) < 4.78 is 33.1. The molecule has 1 aliphatic carbocycles. The molecule has 1 aliphatic rings. The van der Waals surface area contributed by atoms with E-state index in [0.29, 0.717) is 4.34 Å². The summed E-state index contributed by atoms with van der Waals surface area (Å²) in [6.45, 7) is -0.208. The fourth-order valence-corrected chi connectivity index (χ4v) is 5.50. The quantitative estimate of drug-likeness (QED) is 0.822. The second kappa shape index (κ2) is 7.39. The first-order chi connectivity index (χ1) is 9.96. The summed E-state index contributed by atoms with van der Waals surface area (Å²) in [7, 11) is -1.93. The molecule has 0 spiro atoms. The number of halogens is 1. The molecular formula is C13H20ClNO4S2. The predicted molar refractivity (Wildman–Crippen MR) is 83.3 cm³/mol. The van der Waals surface area contributed by atoms with Crippen molar-refractivity contribution >= 4 is 33.0 Å². The molecule has 0 bridgehead atoms. The molecule has 2 rings (SSSR count). The Kier molecular flexibility index (Phi) is 6.05. The van der Waals surface area contributed by atoms with Crippen LogP contribution in [0.4, 0.5) is 0 Å². The fraction of sp³-hybridized carbons (Fsp3) is 0.692. The van der Waals surface area contributed by atoms with Crippen molar-refractivity contribution in [3.63, 3.8) is 0 Å². The lowest BCUT2D eigenvalue weighted by molar-refractivity contribution is 0.0469. The summed E-state index contributed by atoms with van der Waals surface area (Å²) in [5.74, 6) is 0.131. The summed E-state index contributed by atoms with van der Waals surface area (Å²) in [6, 6.07) is 2.57. The van der Waals surface area contributed by atoms with E-state index in [1.54, 1.807) is 13.2 Å². The van der Waals surface area contributed by atoms with Gasteiger partial charge in [-0.1, -0.05) is 11.6 Å². The Labute approximate surface area is 134 Å². The first-order valence-corrected chi connectivity index (χ1v) is 9.55. The number of thiophene rings is 1. The lowest BCUT2D eigenvalue weighted by Gasteiger charge is -2.32. The number of aliphatic hydroxyl groups is 1. The molecule has 1 aromatic rings. The first kappa shape index (κ1) is 17.2. The number of nitrogens with one attached hydrogen (secondary N) is 1. The minimum atomic E-state index is -3.63. The normalized spacial score (nSPS) is 24.9. The molecule has 1 atom stereocenters. The van der Waals surface area contributed by atoms with E-state index in [1.807, 2.05) is 0 Å². The Bertz CT molecular complexity index is 552. The molecular weight excluding hydrogens is 334 g/mol. The highest BCUT2D eigenvalue weighted by atomic mass is 35.5. The van der Waals surface area contributed by atoms with Gasteiger partial charge in [-0.3, -0.25) is 0 Å². The average Bonchev–Trinajstić information content (AvgIpc) is 2.92. The number of methoxy groups -OCH3 is 1. The zero-order valence-electron chi connectivity index (χ0n) is 11.8. The van der Waals surface area contributed by atoms with Crippen LogP contribution in [0.3, 0.4) is 0 Å². The van der Waals surface area contributed by atoms with Crippen molar-refractivity contribution in [1.29, 1.82) is 0 Å². The van der Waals surface area contributed by atoms with Crippen LogP contribution in [0.1, 0.15) is 25.7 Å². The summed E-state index contributed by atoms with van der Waals surface area (Å²) in [6.07, 6.45) is 3.72. The van der Waals surface area contributed by atoms with Crippen LogP contribution in [-0.2, 0) is 14.8 Å². The largest absolute Gasteiger partial charge is 0.395 e. The van der Waals surface area contributed by atoms with E-state index in [9.17, 15) is 13.5 Å². The summed E-state index contributed by atoms with van der Waals surface area (Å²) in [4.78, 5) is 0. The van der Waals surface area contributed by atoms with Crippen molar-refractivity contribution in [3.05, 3.63) is 16.5 Å². The lowest BCUT2D eigenvalue weighted by atomic mass is 9.83. The van der Waals surface area contributed by atoms with Gasteiger partial charge in [-0.15, -0.1) is 11.3 Å². The molecule has 21 heavy (non-hydrogen) atoms. The summed E-state index contributed by atoms with van der Waals surface area (Å²) in [5, 5.41) is 9.54. The minimum absolute atomic E-state index is 0.131. The molecule has 1 saturated carbocycles. The van der Waals surface area contributed by atoms with Gasteiger partial charge in [0, 0.05) is 13.2 Å². The Morgan fingerprint density at radius 2 is 2.10 bits per heavy atom. The molecule has 8 heteroatoms. The molecule has 5 nitrogen and oxygen atoms in total. The van der Waals surface area contributed by atoms with Crippen molar-refractivity contribution in [2.75, 3.05) is 13.7 Å². The number of ether oxygens (including phenoxy) is 1. The minimum Gasteiger partial charge on any atom is -0.395 e. The van der Waals surface area contributed by atoms with Gasteiger partial charge in [-0.25, -0.2) is 13.1 Å². The predicted octanol–water partition coefficient (Wildman–Crippen LogP) is 2.25. The summed E-state index contributed by atoms with van der Waals surface area (Å²) >= 11 is 6.79. The Morgan fingerprint density at radius 1 is 1.43 bits per heavy atom. The van der Waals surface area contributed by atoms with Crippen LogP contribution in [0.15, 0.2) is 16.3 Å². The molecule has 1 aromatic heterocycles. The Hall–Kier alpha value is -0.180. The second-order valence-corrected chi connectivity index (χ2v) is 8.90. The molecule has 0 amide bonds. The van der Waals surface area contributed by atoms with Gasteiger partial charge in [0.2, 0.25) is 10.0 Å². The highest BCUT2D eigenvalue weighted by Crippen LogP contribution is 2.30. The van der Waals surface area contributed by atoms with E-state index in [-0.39, 0.29) is 22.8 Å². The number of hydrogen-bond acceptors (Lipinski definition) is 5. The SMILES string of the molecule is COC1CCC(C(CO)NS(=O)(=O)c2ccc(Cl)s2)CC1. The van der Waals surface area contributed by atoms with E-state index in [2.05, 4.69) is 4.72 Å². The van der Waals surface area contributed by atoms with E-state index in [1.165, 1.54) is 6.07 Å². The highest BCUT2D eigenvalue weighted by molar-refractivity contribution is 7.91. The molecule has 0 radical (unpaired) electrons. The van der Waals surface area contributed by atoms with Crippen molar-refractivity contribution in [2.45, 2.75) is 42.0 Å². The van der Waals surface area contributed by atoms with Gasteiger partial charge < -0.3 is 9.84 Å². The van der Waals surface area contributed by atoms with E-state index >= 15 is 0 Å². The molecule has 120 valence electrons. The van der Waals surface area contributed by atoms with E-state index in [0.717, 1.165) is 37.0 Å². The Morgan fingerprint density at radius 3 is 2.57 bits per heavy atom. The maximum absolute atomic E-state index is 12.3. The maximum Gasteiger partial charge on any atom is 0.250 e. The van der Waals surface area contributed by atoms with Crippen LogP contribution in [0, 0.1) is 5.92 Å². The second-order valence-electron chi connectivity index (χ2n) is 5.24. The molecule has 2 N–H and O–H groups in total. The zero-order chi connectivity index (χ0) is 15.5. The van der Waals surface area contributed by atoms with Crippen LogP contribution in [-0.4, -0.2) is 39.4 Å². The van der Waals surface area contributed by atoms with E-state index in [4.69, 9.17) is 16.3 Å². The number of rotatable bonds is 6. The topological polar surface area (TPSA) is 75.6 Å². The van der Waals surface area contributed by atoms with Crippen LogP contribution in [0.25, 0.3) is 0 Å². The molecule has 1 heterocycles. The molecule has 0 saturated heterocycles. The van der Waals surface area contributed by atoms with Gasteiger partial charge in [0.05, 0.1) is 17.0 Å². The van der Waals surface area contributed by atoms with Gasteiger partial charge in [0.1, 0.15) is 4.21 Å². The highest BCUT2D eigenvalue weighted by Gasteiger charge is 2.31. The van der Waals surface area contributed by atoms with Gasteiger partial charge in [0.25, 0.3) is 0 Å². The standard InChI is InChI=1S/C13H20ClNO4S2/c1-19-10-4-2-9(3-5-10)11(8-16)15-21(17,18)13-7-6-12(14)20-13/h6-7,9-11,15-16H,2-5,8H2,1H3. The molecule has 0 aliphatic heterocycles. The Balaban J connectivity index is 2.02. The first-order valence-electron chi connectivity index (χ1n) is 6.87. The van der Waals surface area contributed by atoms with Crippen molar-refractivity contribution < 1.29 is 18.3 Å². The molecule has 1 unspecified atom stereocenters. The third-order valence-electron chi connectivity index (χ3n) is 3.94. The van der Waals surface area contributed by atoms with Crippen LogP contribution < -0.4 is 4.72 Å². The van der Waals surface area contributed by atoms with Crippen LogP contribution in [0.5, 0.6) is 0 Å². The third-order valence-corrected chi connectivity index (χ3v) is 7.15. The number of sulfonamides is 1. The average molecular weight is 354 g/mol. The van der Waals surface area contributed by atoms with Gasteiger partial charge in [0.15, 0.2) is 0 Å². The third kappa shape index (κ3) is 4.40. The van der Waals surface area contributed by atoms with Crippen molar-refractivity contribution in [1.82, 2.24) is 4.72 Å². The van der Waals surface area contributed by atoms with Crippen molar-refractivity contribution in [2.24, 2.45) is 5.92 Å².